The normalized spacial score (nSPS) is 10.7. The minimum Gasteiger partial charge on any atom is -0.351 e. The van der Waals surface area contributed by atoms with Crippen LogP contribution in [0.5, 0.6) is 0 Å². The molecular weight excluding hydrogens is 464 g/mol. The number of benzene rings is 3. The van der Waals surface area contributed by atoms with Crippen LogP contribution in [0.25, 0.3) is 10.2 Å². The number of nitrogens with zero attached hydrogens (tertiary/aromatic N) is 1. The summed E-state index contributed by atoms with van der Waals surface area (Å²) in [7, 11) is 0. The topological polar surface area (TPSA) is 83.1 Å². The second-order valence-electron chi connectivity index (χ2n) is 6.80. The summed E-state index contributed by atoms with van der Waals surface area (Å²) in [6.45, 7) is 0.507. The summed E-state index contributed by atoms with van der Waals surface area (Å²) in [4.78, 5) is 28.9. The zero-order valence-corrected chi connectivity index (χ0v) is 19.2. The van der Waals surface area contributed by atoms with Crippen LogP contribution in [0.4, 0.5) is 16.2 Å². The number of hydrogen-bond donors (Lipinski definition) is 3. The Labute approximate surface area is 198 Å². The number of hydrogen-bond acceptors (Lipinski definition) is 5. The third-order valence-electron chi connectivity index (χ3n) is 4.39. The number of carbonyl (C=O) groups excluding carboxylic acids is 2. The average Bonchev–Trinajstić information content (AvgIpc) is 3.21. The summed E-state index contributed by atoms with van der Waals surface area (Å²) in [6, 6.07) is 21.8. The van der Waals surface area contributed by atoms with E-state index >= 15 is 0 Å². The highest BCUT2D eigenvalue weighted by Gasteiger charge is 2.10. The fraction of sp³-hybridized carbons (Fsp3) is 0.0870. The Morgan fingerprint density at radius 1 is 0.938 bits per heavy atom. The molecule has 0 spiro atoms. The van der Waals surface area contributed by atoms with E-state index in [-0.39, 0.29) is 11.9 Å². The average molecular weight is 483 g/mol. The standard InChI is InChI=1S/C23H19ClN4O2S2/c24-16-6-8-17(9-7-16)26-22(30)27-18-10-11-19-20(12-18)32-23(28-19)31-14-21(29)25-13-15-4-2-1-3-5-15/h1-12H,13-14H2,(H,25,29)(H2,26,27,30). The zero-order chi connectivity index (χ0) is 22.3. The molecule has 0 unspecified atom stereocenters. The van der Waals surface area contributed by atoms with Gasteiger partial charge in [-0.15, -0.1) is 11.3 Å². The summed E-state index contributed by atoms with van der Waals surface area (Å²) in [5.41, 5.74) is 3.19. The highest BCUT2D eigenvalue weighted by Crippen LogP contribution is 2.31. The number of anilines is 2. The molecule has 0 aliphatic heterocycles. The van der Waals surface area contributed by atoms with Gasteiger partial charge < -0.3 is 16.0 Å². The highest BCUT2D eigenvalue weighted by molar-refractivity contribution is 8.01. The summed E-state index contributed by atoms with van der Waals surface area (Å²) in [5.74, 6) is 0.251. The van der Waals surface area contributed by atoms with Crippen molar-refractivity contribution in [1.82, 2.24) is 10.3 Å². The van der Waals surface area contributed by atoms with Crippen molar-refractivity contribution in [2.75, 3.05) is 16.4 Å². The van der Waals surface area contributed by atoms with Crippen molar-refractivity contribution < 1.29 is 9.59 Å². The lowest BCUT2D eigenvalue weighted by Gasteiger charge is -2.07. The van der Waals surface area contributed by atoms with E-state index in [2.05, 4.69) is 20.9 Å². The van der Waals surface area contributed by atoms with Gasteiger partial charge in [0.25, 0.3) is 0 Å². The van der Waals surface area contributed by atoms with Crippen LogP contribution in [0, 0.1) is 0 Å². The second kappa shape index (κ2) is 10.5. The van der Waals surface area contributed by atoms with Gasteiger partial charge in [0.15, 0.2) is 4.34 Å². The Bertz CT molecular complexity index is 1230. The van der Waals surface area contributed by atoms with Crippen molar-refractivity contribution in [3.8, 4) is 0 Å². The van der Waals surface area contributed by atoms with Gasteiger partial charge in [-0.3, -0.25) is 4.79 Å². The van der Waals surface area contributed by atoms with E-state index < -0.39 is 0 Å². The first-order valence-electron chi connectivity index (χ1n) is 9.73. The van der Waals surface area contributed by atoms with Crippen molar-refractivity contribution in [1.29, 1.82) is 0 Å². The molecule has 0 bridgehead atoms. The third kappa shape index (κ3) is 6.23. The van der Waals surface area contributed by atoms with Crippen LogP contribution in [-0.2, 0) is 11.3 Å². The first kappa shape index (κ1) is 22.1. The molecule has 0 atom stereocenters. The number of carbonyl (C=O) groups is 2. The van der Waals surface area contributed by atoms with Crippen LogP contribution in [0.15, 0.2) is 77.1 Å². The molecule has 6 nitrogen and oxygen atoms in total. The van der Waals surface area contributed by atoms with Crippen LogP contribution in [-0.4, -0.2) is 22.7 Å². The molecule has 1 aromatic heterocycles. The molecule has 32 heavy (non-hydrogen) atoms. The summed E-state index contributed by atoms with van der Waals surface area (Å²) in [6.07, 6.45) is 0. The summed E-state index contributed by atoms with van der Waals surface area (Å²) >= 11 is 8.74. The number of thioether (sulfide) groups is 1. The maximum Gasteiger partial charge on any atom is 0.323 e. The first-order valence-corrected chi connectivity index (χ1v) is 11.9. The van der Waals surface area contributed by atoms with Crippen molar-refractivity contribution in [2.45, 2.75) is 10.9 Å². The molecule has 1 heterocycles. The number of fused-ring (bicyclic) bond motifs is 1. The molecule has 3 aromatic carbocycles. The van der Waals surface area contributed by atoms with Gasteiger partial charge in [-0.05, 0) is 48.0 Å². The van der Waals surface area contributed by atoms with Crippen LogP contribution in [0.2, 0.25) is 5.02 Å². The van der Waals surface area contributed by atoms with E-state index in [0.29, 0.717) is 28.7 Å². The number of halogens is 1. The van der Waals surface area contributed by atoms with Gasteiger partial charge in [-0.2, -0.15) is 0 Å². The van der Waals surface area contributed by atoms with Crippen LogP contribution >= 0.6 is 34.7 Å². The lowest BCUT2D eigenvalue weighted by atomic mass is 10.2. The molecule has 3 N–H and O–H groups in total. The molecule has 0 saturated carbocycles. The lowest BCUT2D eigenvalue weighted by Crippen LogP contribution is -2.24. The van der Waals surface area contributed by atoms with Gasteiger partial charge in [0.05, 0.1) is 16.0 Å². The van der Waals surface area contributed by atoms with Gasteiger partial charge in [0.2, 0.25) is 5.91 Å². The van der Waals surface area contributed by atoms with Gasteiger partial charge in [-0.25, -0.2) is 9.78 Å². The number of aromatic nitrogens is 1. The SMILES string of the molecule is O=C(CSc1nc2ccc(NC(=O)Nc3ccc(Cl)cc3)cc2s1)NCc1ccccc1. The van der Waals surface area contributed by atoms with E-state index in [4.69, 9.17) is 11.6 Å². The predicted molar refractivity (Wildman–Crippen MR) is 133 cm³/mol. The number of urea groups is 1. The van der Waals surface area contributed by atoms with E-state index in [1.165, 1.54) is 23.1 Å². The molecule has 0 fully saturated rings. The second-order valence-corrected chi connectivity index (χ2v) is 9.49. The Hall–Kier alpha value is -3.07. The fourth-order valence-electron chi connectivity index (χ4n) is 2.84. The number of nitrogens with one attached hydrogen (secondary N) is 3. The highest BCUT2D eigenvalue weighted by atomic mass is 35.5. The zero-order valence-electron chi connectivity index (χ0n) is 16.8. The Balaban J connectivity index is 1.30. The van der Waals surface area contributed by atoms with Gasteiger partial charge >= 0.3 is 6.03 Å². The first-order chi connectivity index (χ1) is 15.5. The molecule has 0 saturated heterocycles. The summed E-state index contributed by atoms with van der Waals surface area (Å²) < 4.78 is 1.74. The quantitative estimate of drug-likeness (QED) is 0.282. The van der Waals surface area contributed by atoms with E-state index in [1.807, 2.05) is 42.5 Å². The lowest BCUT2D eigenvalue weighted by molar-refractivity contribution is -0.118. The smallest absolute Gasteiger partial charge is 0.323 e. The molecule has 3 amide bonds. The molecule has 4 rings (SSSR count). The van der Waals surface area contributed by atoms with Crippen molar-refractivity contribution in [2.24, 2.45) is 0 Å². The van der Waals surface area contributed by atoms with E-state index in [0.717, 1.165) is 20.1 Å². The Morgan fingerprint density at radius 3 is 2.44 bits per heavy atom. The van der Waals surface area contributed by atoms with E-state index in [1.54, 1.807) is 30.3 Å². The van der Waals surface area contributed by atoms with Crippen LogP contribution in [0.3, 0.4) is 0 Å². The van der Waals surface area contributed by atoms with Gasteiger partial charge in [0, 0.05) is 22.9 Å². The monoisotopic (exact) mass is 482 g/mol. The number of amides is 3. The van der Waals surface area contributed by atoms with Crippen molar-refractivity contribution in [3.05, 3.63) is 83.4 Å². The molecular formula is C23H19ClN4O2S2. The molecule has 4 aromatic rings. The molecule has 0 aliphatic carbocycles. The molecule has 9 heteroatoms. The maximum absolute atomic E-state index is 12.2. The largest absolute Gasteiger partial charge is 0.351 e. The van der Waals surface area contributed by atoms with Crippen molar-refractivity contribution >= 4 is 68.2 Å². The molecule has 0 aliphatic rings. The minimum absolute atomic E-state index is 0.0423. The Kier molecular flexibility index (Phi) is 7.26. The van der Waals surface area contributed by atoms with Gasteiger partial charge in [0.1, 0.15) is 0 Å². The molecule has 0 radical (unpaired) electrons. The van der Waals surface area contributed by atoms with Crippen LogP contribution < -0.4 is 16.0 Å². The van der Waals surface area contributed by atoms with E-state index in [9.17, 15) is 9.59 Å². The van der Waals surface area contributed by atoms with Crippen molar-refractivity contribution in [3.63, 3.8) is 0 Å². The number of rotatable bonds is 7. The van der Waals surface area contributed by atoms with Crippen LogP contribution in [0.1, 0.15) is 5.56 Å². The molecule has 162 valence electrons. The minimum atomic E-state index is -0.346. The fourth-order valence-corrected chi connectivity index (χ4v) is 4.91. The number of thiazole rings is 1. The maximum atomic E-state index is 12.2. The Morgan fingerprint density at radius 2 is 1.66 bits per heavy atom. The van der Waals surface area contributed by atoms with Gasteiger partial charge in [-0.1, -0.05) is 53.7 Å². The third-order valence-corrected chi connectivity index (χ3v) is 6.80. The predicted octanol–water partition coefficient (Wildman–Crippen LogP) is 6.00. The summed E-state index contributed by atoms with van der Waals surface area (Å²) in [5, 5.41) is 9.09.